The lowest BCUT2D eigenvalue weighted by atomic mass is 10.2. The molecular formula is C10H13NO2S2. The molecule has 0 saturated carbocycles. The van der Waals surface area contributed by atoms with Crippen LogP contribution in [0.5, 0.6) is 0 Å². The highest BCUT2D eigenvalue weighted by Gasteiger charge is 2.34. The molecule has 15 heavy (non-hydrogen) atoms. The van der Waals surface area contributed by atoms with Crippen molar-refractivity contribution in [3.63, 3.8) is 0 Å². The third-order valence-corrected chi connectivity index (χ3v) is 5.79. The quantitative estimate of drug-likeness (QED) is 0.764. The Bertz CT molecular complexity index is 456. The smallest absolute Gasteiger partial charge is 0.206 e. The summed E-state index contributed by atoms with van der Waals surface area (Å²) in [5, 5.41) is 0. The largest absolute Gasteiger partial charge is 0.252 e. The van der Waals surface area contributed by atoms with Crippen molar-refractivity contribution in [1.29, 1.82) is 0 Å². The highest BCUT2D eigenvalue weighted by Crippen LogP contribution is 2.34. The molecule has 0 radical (unpaired) electrons. The maximum Gasteiger partial charge on any atom is 0.252 e. The molecule has 2 rings (SSSR count). The Hall–Kier alpha value is -0.520. The number of sulfonamides is 1. The number of nitrogens with zero attached hydrogens (tertiary/aromatic N) is 1. The van der Waals surface area contributed by atoms with E-state index in [0.29, 0.717) is 11.4 Å². The molecule has 82 valence electrons. The second-order valence-corrected chi connectivity index (χ2v) is 6.58. The van der Waals surface area contributed by atoms with Gasteiger partial charge in [-0.3, -0.25) is 0 Å². The van der Waals surface area contributed by atoms with Gasteiger partial charge in [-0.05, 0) is 18.1 Å². The van der Waals surface area contributed by atoms with Gasteiger partial charge in [0.1, 0.15) is 0 Å². The minimum atomic E-state index is -3.22. The van der Waals surface area contributed by atoms with Crippen LogP contribution < -0.4 is 0 Å². The Morgan fingerprint density at radius 3 is 2.80 bits per heavy atom. The Morgan fingerprint density at radius 2 is 2.13 bits per heavy atom. The van der Waals surface area contributed by atoms with Crippen LogP contribution in [0.25, 0.3) is 0 Å². The van der Waals surface area contributed by atoms with Gasteiger partial charge in [0, 0.05) is 5.75 Å². The van der Waals surface area contributed by atoms with Crippen LogP contribution >= 0.6 is 11.9 Å². The normalized spacial score (nSPS) is 19.0. The van der Waals surface area contributed by atoms with Gasteiger partial charge < -0.3 is 0 Å². The zero-order chi connectivity index (χ0) is 10.9. The van der Waals surface area contributed by atoms with E-state index in [-0.39, 0.29) is 0 Å². The molecule has 1 aromatic rings. The van der Waals surface area contributed by atoms with E-state index < -0.39 is 10.0 Å². The maximum absolute atomic E-state index is 12.0. The van der Waals surface area contributed by atoms with Crippen LogP contribution in [0.4, 0.5) is 0 Å². The first kappa shape index (κ1) is 11.0. The van der Waals surface area contributed by atoms with Gasteiger partial charge in [0.15, 0.2) is 0 Å². The van der Waals surface area contributed by atoms with Crippen molar-refractivity contribution in [3.8, 4) is 0 Å². The maximum atomic E-state index is 12.0. The lowest BCUT2D eigenvalue weighted by molar-refractivity contribution is 0.557. The van der Waals surface area contributed by atoms with Crippen LogP contribution in [-0.2, 0) is 16.6 Å². The fourth-order valence-corrected chi connectivity index (χ4v) is 4.41. The zero-order valence-electron chi connectivity index (χ0n) is 8.51. The molecule has 5 heteroatoms. The molecule has 1 heterocycles. The number of hydrogen-bond donors (Lipinski definition) is 0. The molecule has 0 bridgehead atoms. The number of rotatable bonds is 3. The lowest BCUT2D eigenvalue weighted by Crippen LogP contribution is -2.16. The van der Waals surface area contributed by atoms with E-state index in [1.165, 1.54) is 15.7 Å². The van der Waals surface area contributed by atoms with E-state index in [0.717, 1.165) is 17.7 Å². The van der Waals surface area contributed by atoms with Gasteiger partial charge in [0.2, 0.25) is 0 Å². The van der Waals surface area contributed by atoms with Crippen LogP contribution in [0.2, 0.25) is 0 Å². The summed E-state index contributed by atoms with van der Waals surface area (Å²) in [6, 6.07) is 7.20. The molecule has 0 saturated heterocycles. The molecular weight excluding hydrogens is 230 g/mol. The van der Waals surface area contributed by atoms with Crippen LogP contribution in [0.3, 0.4) is 0 Å². The number of fused-ring (bicyclic) bond motifs is 1. The van der Waals surface area contributed by atoms with E-state index in [4.69, 9.17) is 0 Å². The van der Waals surface area contributed by atoms with E-state index in [1.54, 1.807) is 12.1 Å². The summed E-state index contributed by atoms with van der Waals surface area (Å²) in [4.78, 5) is 0.466. The second-order valence-electron chi connectivity index (χ2n) is 3.41. The van der Waals surface area contributed by atoms with E-state index in [2.05, 4.69) is 0 Å². The van der Waals surface area contributed by atoms with Crippen molar-refractivity contribution in [2.45, 2.75) is 24.8 Å². The van der Waals surface area contributed by atoms with Gasteiger partial charge in [0.05, 0.1) is 11.4 Å². The molecule has 0 spiro atoms. The first-order valence-corrected chi connectivity index (χ1v) is 7.28. The Labute approximate surface area is 94.7 Å². The fraction of sp³-hybridized carbons (Fsp3) is 0.400. The molecule has 0 fully saturated rings. The van der Waals surface area contributed by atoms with Gasteiger partial charge in [-0.2, -0.15) is 0 Å². The summed E-state index contributed by atoms with van der Waals surface area (Å²) < 4.78 is 25.5. The van der Waals surface area contributed by atoms with Gasteiger partial charge >= 0.3 is 0 Å². The first-order chi connectivity index (χ1) is 7.16. The third kappa shape index (κ3) is 1.91. The third-order valence-electron chi connectivity index (χ3n) is 2.26. The van der Waals surface area contributed by atoms with Crippen molar-refractivity contribution >= 4 is 22.0 Å². The average Bonchev–Trinajstić information content (AvgIpc) is 2.48. The van der Waals surface area contributed by atoms with Crippen LogP contribution in [0.1, 0.15) is 18.9 Å². The predicted molar refractivity (Wildman–Crippen MR) is 61.9 cm³/mol. The summed E-state index contributed by atoms with van der Waals surface area (Å²) in [7, 11) is -3.22. The zero-order valence-corrected chi connectivity index (χ0v) is 10.1. The molecule has 1 aliphatic heterocycles. The summed E-state index contributed by atoms with van der Waals surface area (Å²) in [5.41, 5.74) is 0.904. The molecule has 3 nitrogen and oxygen atoms in total. The minimum absolute atomic E-state index is 0.466. The molecule has 0 aliphatic carbocycles. The Kier molecular flexibility index (Phi) is 3.04. The van der Waals surface area contributed by atoms with Crippen LogP contribution in [-0.4, -0.2) is 17.9 Å². The number of hydrogen-bond acceptors (Lipinski definition) is 3. The summed E-state index contributed by atoms with van der Waals surface area (Å²) in [6.07, 6.45) is 0.979. The van der Waals surface area contributed by atoms with Crippen molar-refractivity contribution in [3.05, 3.63) is 29.8 Å². The van der Waals surface area contributed by atoms with Crippen LogP contribution in [0.15, 0.2) is 29.2 Å². The molecule has 0 aromatic heterocycles. The summed E-state index contributed by atoms with van der Waals surface area (Å²) in [5.74, 6) is 0.840. The first-order valence-electron chi connectivity index (χ1n) is 4.90. The Morgan fingerprint density at radius 1 is 1.40 bits per heavy atom. The molecule has 1 aromatic carbocycles. The standard InChI is InChI=1S/C10H13NO2S2/c1-2-7-14-11-8-9-5-3-4-6-10(9)15(11,12)13/h3-6H,2,7-8H2,1H3. The monoisotopic (exact) mass is 243 g/mol. The molecule has 1 aliphatic rings. The van der Waals surface area contributed by atoms with Crippen molar-refractivity contribution < 1.29 is 8.42 Å². The lowest BCUT2D eigenvalue weighted by Gasteiger charge is -2.11. The summed E-state index contributed by atoms with van der Waals surface area (Å²) >= 11 is 1.39. The van der Waals surface area contributed by atoms with Gasteiger partial charge in [0.25, 0.3) is 10.0 Å². The topological polar surface area (TPSA) is 37.4 Å². The second kappa shape index (κ2) is 4.15. The number of benzene rings is 1. The highest BCUT2D eigenvalue weighted by molar-refractivity contribution is 8.08. The molecule has 0 N–H and O–H groups in total. The molecule has 0 atom stereocenters. The van der Waals surface area contributed by atoms with Crippen molar-refractivity contribution in [2.75, 3.05) is 5.75 Å². The van der Waals surface area contributed by atoms with Gasteiger partial charge in [-0.15, -0.1) is 3.71 Å². The fourth-order valence-electron chi connectivity index (χ4n) is 1.53. The highest BCUT2D eigenvalue weighted by atomic mass is 32.3. The molecule has 0 unspecified atom stereocenters. The van der Waals surface area contributed by atoms with Gasteiger partial charge in [-0.1, -0.05) is 37.1 Å². The Balaban J connectivity index is 2.31. The van der Waals surface area contributed by atoms with Crippen LogP contribution in [0, 0.1) is 0 Å². The van der Waals surface area contributed by atoms with E-state index >= 15 is 0 Å². The summed E-state index contributed by atoms with van der Waals surface area (Å²) in [6.45, 7) is 2.55. The predicted octanol–water partition coefficient (Wildman–Crippen LogP) is 2.25. The average molecular weight is 243 g/mol. The SMILES string of the molecule is CCCSN1Cc2ccccc2S1(=O)=O. The minimum Gasteiger partial charge on any atom is -0.206 e. The van der Waals surface area contributed by atoms with E-state index in [1.807, 2.05) is 19.1 Å². The van der Waals surface area contributed by atoms with Crippen molar-refractivity contribution in [1.82, 2.24) is 3.71 Å². The van der Waals surface area contributed by atoms with Gasteiger partial charge in [-0.25, -0.2) is 8.42 Å². The van der Waals surface area contributed by atoms with Crippen molar-refractivity contribution in [2.24, 2.45) is 0 Å². The van der Waals surface area contributed by atoms with E-state index in [9.17, 15) is 8.42 Å². The molecule has 0 amide bonds.